The molecular formula is C11H21NO. The first-order chi connectivity index (χ1) is 5.95. The van der Waals surface area contributed by atoms with Gasteiger partial charge in [-0.3, -0.25) is 4.79 Å². The third kappa shape index (κ3) is 1.87. The van der Waals surface area contributed by atoms with Crippen molar-refractivity contribution in [2.24, 2.45) is 17.8 Å². The molecule has 2 unspecified atom stereocenters. The Labute approximate surface area is 81.3 Å². The molecule has 76 valence electrons. The van der Waals surface area contributed by atoms with E-state index in [1.54, 1.807) is 0 Å². The van der Waals surface area contributed by atoms with E-state index in [2.05, 4.69) is 27.7 Å². The van der Waals surface area contributed by atoms with Gasteiger partial charge in [0.15, 0.2) is 0 Å². The summed E-state index contributed by atoms with van der Waals surface area (Å²) in [5.74, 6) is 2.06. The first-order valence-corrected chi connectivity index (χ1v) is 5.20. The summed E-state index contributed by atoms with van der Waals surface area (Å²) < 4.78 is 0. The second-order valence-corrected chi connectivity index (χ2v) is 4.85. The number of hydrogen-bond acceptors (Lipinski definition) is 1. The lowest BCUT2D eigenvalue weighted by molar-refractivity contribution is -0.128. The number of carbonyl (C=O) groups is 1. The van der Waals surface area contributed by atoms with Gasteiger partial charge < -0.3 is 4.90 Å². The summed E-state index contributed by atoms with van der Waals surface area (Å²) in [6.07, 6.45) is 0.747. The van der Waals surface area contributed by atoms with Crippen LogP contribution >= 0.6 is 0 Å². The van der Waals surface area contributed by atoms with Crippen LogP contribution in [0.1, 0.15) is 34.1 Å². The van der Waals surface area contributed by atoms with Gasteiger partial charge in [-0.15, -0.1) is 0 Å². The highest BCUT2D eigenvalue weighted by atomic mass is 16.2. The zero-order valence-corrected chi connectivity index (χ0v) is 9.37. The van der Waals surface area contributed by atoms with E-state index in [9.17, 15) is 4.79 Å². The van der Waals surface area contributed by atoms with Gasteiger partial charge in [0, 0.05) is 19.5 Å². The maximum Gasteiger partial charge on any atom is 0.222 e. The molecule has 0 aromatic heterocycles. The van der Waals surface area contributed by atoms with Crippen molar-refractivity contribution in [1.82, 2.24) is 4.90 Å². The van der Waals surface area contributed by atoms with Gasteiger partial charge in [-0.05, 0) is 17.8 Å². The molecule has 13 heavy (non-hydrogen) atoms. The molecule has 0 spiro atoms. The van der Waals surface area contributed by atoms with Gasteiger partial charge >= 0.3 is 0 Å². The monoisotopic (exact) mass is 183 g/mol. The molecule has 0 aliphatic carbocycles. The van der Waals surface area contributed by atoms with Crippen molar-refractivity contribution < 1.29 is 4.79 Å². The lowest BCUT2D eigenvalue weighted by Crippen LogP contribution is -2.37. The molecule has 0 aromatic rings. The van der Waals surface area contributed by atoms with Crippen molar-refractivity contribution in [3.05, 3.63) is 0 Å². The van der Waals surface area contributed by atoms with E-state index in [0.29, 0.717) is 29.7 Å². The molecule has 0 radical (unpaired) electrons. The van der Waals surface area contributed by atoms with Crippen LogP contribution in [0.2, 0.25) is 0 Å². The molecule has 0 aromatic carbocycles. The zero-order valence-electron chi connectivity index (χ0n) is 9.37. The van der Waals surface area contributed by atoms with Crippen molar-refractivity contribution in [1.29, 1.82) is 0 Å². The SMILES string of the molecule is CC(C)C1CC(=O)N(C)C1C(C)C. The lowest BCUT2D eigenvalue weighted by atomic mass is 9.83. The molecule has 1 rings (SSSR count). The average molecular weight is 183 g/mol. The predicted molar refractivity (Wildman–Crippen MR) is 54.3 cm³/mol. The maximum absolute atomic E-state index is 11.5. The molecule has 2 nitrogen and oxygen atoms in total. The highest BCUT2D eigenvalue weighted by Crippen LogP contribution is 2.34. The Bertz CT molecular complexity index is 198. The number of hydrogen-bond donors (Lipinski definition) is 0. The number of amides is 1. The quantitative estimate of drug-likeness (QED) is 0.642. The molecule has 1 fully saturated rings. The highest BCUT2D eigenvalue weighted by molar-refractivity contribution is 5.79. The standard InChI is InChI=1S/C11H21NO/c1-7(2)9-6-10(13)12(5)11(9)8(3)4/h7-9,11H,6H2,1-5H3. The minimum Gasteiger partial charge on any atom is -0.342 e. The normalized spacial score (nSPS) is 29.5. The van der Waals surface area contributed by atoms with Crippen molar-refractivity contribution >= 4 is 5.91 Å². The average Bonchev–Trinajstić information content (AvgIpc) is 2.28. The van der Waals surface area contributed by atoms with Crippen molar-refractivity contribution in [2.45, 2.75) is 40.2 Å². The van der Waals surface area contributed by atoms with E-state index >= 15 is 0 Å². The molecule has 2 heteroatoms. The molecule has 1 aliphatic rings. The van der Waals surface area contributed by atoms with Gasteiger partial charge in [-0.25, -0.2) is 0 Å². The number of rotatable bonds is 2. The lowest BCUT2D eigenvalue weighted by Gasteiger charge is -2.30. The summed E-state index contributed by atoms with van der Waals surface area (Å²) >= 11 is 0. The molecule has 0 bridgehead atoms. The Balaban J connectivity index is 2.80. The fourth-order valence-electron chi connectivity index (χ4n) is 2.49. The predicted octanol–water partition coefficient (Wildman–Crippen LogP) is 2.15. The number of likely N-dealkylation sites (tertiary alicyclic amines) is 1. The molecule has 2 atom stereocenters. The first-order valence-electron chi connectivity index (χ1n) is 5.20. The Morgan fingerprint density at radius 1 is 1.23 bits per heavy atom. The fraction of sp³-hybridized carbons (Fsp3) is 0.909. The van der Waals surface area contributed by atoms with Gasteiger partial charge in [0.05, 0.1) is 0 Å². The summed E-state index contributed by atoms with van der Waals surface area (Å²) in [6, 6.07) is 0.451. The Morgan fingerprint density at radius 2 is 1.77 bits per heavy atom. The van der Waals surface area contributed by atoms with Gasteiger partial charge in [-0.1, -0.05) is 27.7 Å². The van der Waals surface area contributed by atoms with Crippen LogP contribution in [0.25, 0.3) is 0 Å². The summed E-state index contributed by atoms with van der Waals surface area (Å²) in [6.45, 7) is 8.84. The van der Waals surface area contributed by atoms with E-state index in [0.717, 1.165) is 6.42 Å². The number of carbonyl (C=O) groups excluding carboxylic acids is 1. The summed E-state index contributed by atoms with van der Waals surface area (Å²) in [7, 11) is 1.94. The Hall–Kier alpha value is -0.530. The van der Waals surface area contributed by atoms with Crippen LogP contribution in [0, 0.1) is 17.8 Å². The topological polar surface area (TPSA) is 20.3 Å². The first kappa shape index (κ1) is 10.6. The van der Waals surface area contributed by atoms with E-state index in [4.69, 9.17) is 0 Å². The van der Waals surface area contributed by atoms with E-state index in [1.807, 2.05) is 11.9 Å². The number of nitrogens with zero attached hydrogens (tertiary/aromatic N) is 1. The summed E-state index contributed by atoms with van der Waals surface area (Å²) in [5.41, 5.74) is 0. The molecular weight excluding hydrogens is 162 g/mol. The maximum atomic E-state index is 11.5. The minimum atomic E-state index is 0.317. The third-order valence-electron chi connectivity index (χ3n) is 3.23. The van der Waals surface area contributed by atoms with E-state index in [1.165, 1.54) is 0 Å². The second-order valence-electron chi connectivity index (χ2n) is 4.85. The van der Waals surface area contributed by atoms with Crippen LogP contribution < -0.4 is 0 Å². The molecule has 0 N–H and O–H groups in total. The van der Waals surface area contributed by atoms with Crippen LogP contribution in [0.5, 0.6) is 0 Å². The Kier molecular flexibility index (Phi) is 2.99. The Morgan fingerprint density at radius 3 is 2.08 bits per heavy atom. The molecule has 0 saturated carbocycles. The van der Waals surface area contributed by atoms with Crippen LogP contribution in [0.3, 0.4) is 0 Å². The molecule has 1 saturated heterocycles. The van der Waals surface area contributed by atoms with Gasteiger partial charge in [0.1, 0.15) is 0 Å². The fourth-order valence-corrected chi connectivity index (χ4v) is 2.49. The summed E-state index contributed by atoms with van der Waals surface area (Å²) in [4.78, 5) is 13.5. The van der Waals surface area contributed by atoms with Crippen molar-refractivity contribution in [2.75, 3.05) is 7.05 Å². The van der Waals surface area contributed by atoms with E-state index < -0.39 is 0 Å². The van der Waals surface area contributed by atoms with Crippen molar-refractivity contribution in [3.8, 4) is 0 Å². The second kappa shape index (κ2) is 3.69. The highest BCUT2D eigenvalue weighted by Gasteiger charge is 2.40. The van der Waals surface area contributed by atoms with Crippen molar-refractivity contribution in [3.63, 3.8) is 0 Å². The third-order valence-corrected chi connectivity index (χ3v) is 3.23. The smallest absolute Gasteiger partial charge is 0.222 e. The molecule has 1 aliphatic heterocycles. The minimum absolute atomic E-state index is 0.317. The summed E-state index contributed by atoms with van der Waals surface area (Å²) in [5, 5.41) is 0. The zero-order chi connectivity index (χ0) is 10.2. The van der Waals surface area contributed by atoms with Crippen LogP contribution in [-0.4, -0.2) is 23.9 Å². The largest absolute Gasteiger partial charge is 0.342 e. The van der Waals surface area contributed by atoms with Gasteiger partial charge in [0.2, 0.25) is 5.91 Å². The molecule has 1 amide bonds. The van der Waals surface area contributed by atoms with Gasteiger partial charge in [0.25, 0.3) is 0 Å². The van der Waals surface area contributed by atoms with Crippen LogP contribution in [-0.2, 0) is 4.79 Å². The van der Waals surface area contributed by atoms with E-state index in [-0.39, 0.29) is 0 Å². The van der Waals surface area contributed by atoms with Crippen LogP contribution in [0.15, 0.2) is 0 Å². The molecule has 1 heterocycles. The van der Waals surface area contributed by atoms with Crippen LogP contribution in [0.4, 0.5) is 0 Å². The van der Waals surface area contributed by atoms with Gasteiger partial charge in [-0.2, -0.15) is 0 Å².